The van der Waals surface area contributed by atoms with Gasteiger partial charge in [-0.25, -0.2) is 0 Å². The Morgan fingerprint density at radius 2 is 1.00 bits per heavy atom. The minimum Gasteiger partial charge on any atom is -0.463 e. The van der Waals surface area contributed by atoms with Gasteiger partial charge in [0.1, 0.15) is 0 Å². The highest BCUT2D eigenvalue weighted by atomic mass is 16.5. The highest BCUT2D eigenvalue weighted by Gasteiger charge is 2.07. The number of rotatable bonds is 18. The fourth-order valence-electron chi connectivity index (χ4n) is 2.74. The number of carbonyl (C=O) groups is 2. The molecule has 0 heterocycles. The summed E-state index contributed by atoms with van der Waals surface area (Å²) in [5, 5.41) is 0. The molecular formula is C24H44O4. The first kappa shape index (κ1) is 26.7. The largest absolute Gasteiger partial charge is 0.463 e. The van der Waals surface area contributed by atoms with Crippen molar-refractivity contribution in [2.75, 3.05) is 0 Å². The van der Waals surface area contributed by atoms with E-state index in [1.807, 2.05) is 27.7 Å². The summed E-state index contributed by atoms with van der Waals surface area (Å²) in [5.41, 5.74) is 0. The molecule has 164 valence electrons. The van der Waals surface area contributed by atoms with Crippen molar-refractivity contribution in [2.24, 2.45) is 0 Å². The lowest BCUT2D eigenvalue weighted by Crippen LogP contribution is -2.13. The van der Waals surface area contributed by atoms with Crippen LogP contribution in [0.2, 0.25) is 0 Å². The van der Waals surface area contributed by atoms with E-state index in [1.54, 1.807) is 0 Å². The first-order chi connectivity index (χ1) is 13.5. The van der Waals surface area contributed by atoms with Crippen LogP contribution in [-0.2, 0) is 19.1 Å². The number of carbonyl (C=O) groups excluding carboxylic acids is 2. The molecule has 0 N–H and O–H groups in total. The van der Waals surface area contributed by atoms with Gasteiger partial charge in [-0.2, -0.15) is 0 Å². The molecular weight excluding hydrogens is 352 g/mol. The Kier molecular flexibility index (Phi) is 18.1. The summed E-state index contributed by atoms with van der Waals surface area (Å²) in [5.74, 6) is -0.113. The lowest BCUT2D eigenvalue weighted by Gasteiger charge is -2.10. The van der Waals surface area contributed by atoms with Gasteiger partial charge in [0.25, 0.3) is 0 Å². The Balaban J connectivity index is 3.34. The van der Waals surface area contributed by atoms with Gasteiger partial charge in [0.05, 0.1) is 12.2 Å². The molecule has 0 fully saturated rings. The Bertz CT molecular complexity index is 417. The van der Waals surface area contributed by atoms with Gasteiger partial charge in [-0.05, 0) is 65.2 Å². The van der Waals surface area contributed by atoms with Crippen molar-refractivity contribution in [1.82, 2.24) is 0 Å². The second kappa shape index (κ2) is 19.0. The summed E-state index contributed by atoms with van der Waals surface area (Å²) in [6, 6.07) is 0. The van der Waals surface area contributed by atoms with Crippen molar-refractivity contribution < 1.29 is 19.1 Å². The van der Waals surface area contributed by atoms with Crippen LogP contribution in [0.5, 0.6) is 0 Å². The number of hydrogen-bond acceptors (Lipinski definition) is 4. The van der Waals surface area contributed by atoms with Gasteiger partial charge in [0.15, 0.2) is 0 Å². The Morgan fingerprint density at radius 1 is 0.643 bits per heavy atom. The van der Waals surface area contributed by atoms with Crippen molar-refractivity contribution >= 4 is 11.9 Å². The second-order valence-corrected chi connectivity index (χ2v) is 7.79. The van der Waals surface area contributed by atoms with Crippen molar-refractivity contribution in [3.63, 3.8) is 0 Å². The van der Waals surface area contributed by atoms with Gasteiger partial charge in [0, 0.05) is 12.8 Å². The van der Waals surface area contributed by atoms with Crippen molar-refractivity contribution in [3.05, 3.63) is 12.2 Å². The van der Waals surface area contributed by atoms with E-state index in [2.05, 4.69) is 12.2 Å². The van der Waals surface area contributed by atoms with Crippen LogP contribution < -0.4 is 0 Å². The molecule has 4 nitrogen and oxygen atoms in total. The molecule has 0 aromatic rings. The summed E-state index contributed by atoms with van der Waals surface area (Å²) in [4.78, 5) is 23.1. The minimum absolute atomic E-state index is 0.0403. The average Bonchev–Trinajstić information content (AvgIpc) is 2.67. The standard InChI is InChI=1S/C24H44O4/c1-5-21(3)27-23(25)19-17-15-13-11-9-7-8-10-12-14-16-18-20-24(26)28-22(4)6-2/h9,11,21-22H,5-8,10,12-20H2,1-4H3/b11-9+. The zero-order valence-electron chi connectivity index (χ0n) is 18.8. The Labute approximate surface area is 173 Å². The summed E-state index contributed by atoms with van der Waals surface area (Å²) in [6.45, 7) is 7.93. The van der Waals surface area contributed by atoms with Crippen LogP contribution in [0.3, 0.4) is 0 Å². The third-order valence-corrected chi connectivity index (χ3v) is 4.99. The monoisotopic (exact) mass is 396 g/mol. The van der Waals surface area contributed by atoms with Gasteiger partial charge in [0.2, 0.25) is 0 Å². The van der Waals surface area contributed by atoms with Gasteiger partial charge >= 0.3 is 11.9 Å². The maximum Gasteiger partial charge on any atom is 0.306 e. The van der Waals surface area contributed by atoms with E-state index in [-0.39, 0.29) is 24.1 Å². The molecule has 0 saturated heterocycles. The van der Waals surface area contributed by atoms with Gasteiger partial charge in [-0.1, -0.05) is 51.7 Å². The van der Waals surface area contributed by atoms with Crippen LogP contribution in [-0.4, -0.2) is 24.1 Å². The number of ether oxygens (including phenoxy) is 2. The third kappa shape index (κ3) is 18.1. The molecule has 0 aliphatic carbocycles. The first-order valence-electron chi connectivity index (χ1n) is 11.5. The van der Waals surface area contributed by atoms with Crippen molar-refractivity contribution in [1.29, 1.82) is 0 Å². The summed E-state index contributed by atoms with van der Waals surface area (Å²) < 4.78 is 10.5. The second-order valence-electron chi connectivity index (χ2n) is 7.79. The number of unbranched alkanes of at least 4 members (excludes halogenated alkanes) is 8. The quantitative estimate of drug-likeness (QED) is 0.143. The molecule has 2 atom stereocenters. The van der Waals surface area contributed by atoms with Crippen molar-refractivity contribution in [2.45, 2.75) is 130 Å². The van der Waals surface area contributed by atoms with E-state index in [9.17, 15) is 9.59 Å². The van der Waals surface area contributed by atoms with Crippen LogP contribution in [0.15, 0.2) is 12.2 Å². The molecule has 0 rings (SSSR count). The predicted octanol–water partition coefficient (Wildman–Crippen LogP) is 6.91. The van der Waals surface area contributed by atoms with Gasteiger partial charge < -0.3 is 9.47 Å². The van der Waals surface area contributed by atoms with Gasteiger partial charge in [-0.15, -0.1) is 0 Å². The van der Waals surface area contributed by atoms with Gasteiger partial charge in [-0.3, -0.25) is 9.59 Å². The van der Waals surface area contributed by atoms with E-state index in [0.717, 1.165) is 51.4 Å². The highest BCUT2D eigenvalue weighted by molar-refractivity contribution is 5.69. The smallest absolute Gasteiger partial charge is 0.306 e. The Hall–Kier alpha value is -1.32. The van der Waals surface area contributed by atoms with E-state index in [4.69, 9.17) is 9.47 Å². The number of hydrogen-bond donors (Lipinski definition) is 0. The zero-order valence-corrected chi connectivity index (χ0v) is 18.8. The maximum absolute atomic E-state index is 11.5. The average molecular weight is 397 g/mol. The molecule has 0 bridgehead atoms. The molecule has 0 aliphatic heterocycles. The molecule has 2 unspecified atom stereocenters. The molecule has 0 saturated carbocycles. The SMILES string of the molecule is CCC(C)OC(=O)CCCC/C=C/CCCCCCCCC(=O)OC(C)CC. The molecule has 28 heavy (non-hydrogen) atoms. The normalized spacial score (nSPS) is 13.4. The van der Waals surface area contributed by atoms with Crippen LogP contribution in [0.25, 0.3) is 0 Å². The molecule has 0 aromatic heterocycles. The third-order valence-electron chi connectivity index (χ3n) is 4.99. The zero-order chi connectivity index (χ0) is 21.0. The molecule has 0 aromatic carbocycles. The predicted molar refractivity (Wildman–Crippen MR) is 116 cm³/mol. The van der Waals surface area contributed by atoms with E-state index in [1.165, 1.54) is 25.7 Å². The van der Waals surface area contributed by atoms with Crippen LogP contribution in [0.4, 0.5) is 0 Å². The molecule has 4 heteroatoms. The lowest BCUT2D eigenvalue weighted by atomic mass is 10.1. The number of allylic oxidation sites excluding steroid dienone is 2. The molecule has 0 amide bonds. The summed E-state index contributed by atoms with van der Waals surface area (Å²) in [7, 11) is 0. The lowest BCUT2D eigenvalue weighted by molar-refractivity contribution is -0.149. The van der Waals surface area contributed by atoms with Crippen LogP contribution in [0, 0.1) is 0 Å². The summed E-state index contributed by atoms with van der Waals surface area (Å²) in [6.07, 6.45) is 18.6. The maximum atomic E-state index is 11.5. The molecule has 0 spiro atoms. The van der Waals surface area contributed by atoms with Crippen LogP contribution >= 0.6 is 0 Å². The van der Waals surface area contributed by atoms with E-state index in [0.29, 0.717) is 12.8 Å². The minimum atomic E-state index is -0.0641. The Morgan fingerprint density at radius 3 is 1.46 bits per heavy atom. The topological polar surface area (TPSA) is 52.6 Å². The molecule has 0 radical (unpaired) electrons. The fraction of sp³-hybridized carbons (Fsp3) is 0.833. The molecule has 0 aliphatic rings. The summed E-state index contributed by atoms with van der Waals surface area (Å²) >= 11 is 0. The van der Waals surface area contributed by atoms with E-state index >= 15 is 0 Å². The van der Waals surface area contributed by atoms with E-state index < -0.39 is 0 Å². The highest BCUT2D eigenvalue weighted by Crippen LogP contribution is 2.11. The van der Waals surface area contributed by atoms with Crippen molar-refractivity contribution in [3.8, 4) is 0 Å². The number of esters is 2. The van der Waals surface area contributed by atoms with Crippen LogP contribution in [0.1, 0.15) is 118 Å². The first-order valence-corrected chi connectivity index (χ1v) is 11.5. The fourth-order valence-corrected chi connectivity index (χ4v) is 2.74.